The molecule has 0 radical (unpaired) electrons. The molecule has 1 fully saturated rings. The number of carbonyl (C=O) groups is 2. The Morgan fingerprint density at radius 2 is 1.98 bits per heavy atom. The predicted molar refractivity (Wildman–Crippen MR) is 157 cm³/mol. The molecule has 0 unspecified atom stereocenters. The zero-order valence-corrected chi connectivity index (χ0v) is 24.1. The minimum atomic E-state index is -1.65. The van der Waals surface area contributed by atoms with Crippen LogP contribution in [0.4, 0.5) is 4.39 Å². The van der Waals surface area contributed by atoms with Crippen LogP contribution in [0.25, 0.3) is 16.8 Å². The molecule has 0 saturated heterocycles. The van der Waals surface area contributed by atoms with Gasteiger partial charge in [0.05, 0.1) is 31.6 Å². The number of carbonyl (C=O) groups excluding carboxylic acids is 2. The van der Waals surface area contributed by atoms with Crippen LogP contribution in [0.1, 0.15) is 60.3 Å². The van der Waals surface area contributed by atoms with Gasteiger partial charge in [-0.2, -0.15) is 0 Å². The number of hydrogen-bond acceptors (Lipinski definition) is 7. The van der Waals surface area contributed by atoms with Crippen molar-refractivity contribution in [3.8, 4) is 22.8 Å². The molecule has 0 bridgehead atoms. The number of primary amides is 1. The van der Waals surface area contributed by atoms with Crippen molar-refractivity contribution in [3.63, 3.8) is 0 Å². The molecule has 3 heterocycles. The van der Waals surface area contributed by atoms with E-state index in [9.17, 15) is 19.1 Å². The molecular formula is C33H34FN3O6. The van der Waals surface area contributed by atoms with E-state index in [4.69, 9.17) is 19.9 Å². The van der Waals surface area contributed by atoms with E-state index in [0.717, 1.165) is 30.4 Å². The van der Waals surface area contributed by atoms with E-state index in [1.54, 1.807) is 37.3 Å². The number of amides is 2. The normalized spacial score (nSPS) is 20.8. The van der Waals surface area contributed by atoms with Crippen molar-refractivity contribution < 1.29 is 33.3 Å². The van der Waals surface area contributed by atoms with Crippen LogP contribution in [0.15, 0.2) is 54.6 Å². The number of hydrogen-bond donors (Lipinski definition) is 3. The Kier molecular flexibility index (Phi) is 7.43. The zero-order chi connectivity index (χ0) is 30.4. The zero-order valence-electron chi connectivity index (χ0n) is 24.1. The van der Waals surface area contributed by atoms with Crippen LogP contribution in [0.2, 0.25) is 0 Å². The van der Waals surface area contributed by atoms with Gasteiger partial charge in [-0.3, -0.25) is 9.59 Å². The lowest BCUT2D eigenvalue weighted by molar-refractivity contribution is -0.123. The molecule has 224 valence electrons. The maximum absolute atomic E-state index is 13.7. The summed E-state index contributed by atoms with van der Waals surface area (Å²) in [5, 5.41) is 14.4. The van der Waals surface area contributed by atoms with Gasteiger partial charge in [0.25, 0.3) is 5.91 Å². The van der Waals surface area contributed by atoms with Gasteiger partial charge in [0, 0.05) is 22.3 Å². The molecule has 6 rings (SSSR count). The summed E-state index contributed by atoms with van der Waals surface area (Å²) in [6.45, 7) is 4.18. The Bertz CT molecular complexity index is 1620. The number of aliphatic hydroxyl groups is 1. The molecule has 1 aromatic heterocycles. The molecule has 2 atom stereocenters. The van der Waals surface area contributed by atoms with Gasteiger partial charge in [-0.25, -0.2) is 9.37 Å². The van der Waals surface area contributed by atoms with E-state index in [-0.39, 0.29) is 24.9 Å². The standard InChI is InChI=1S/C33H34FN3O6/c1-32(31(35)39)18-42-29-25(32)16-27(37-28(29)20-3-6-22(34)7-4-20)33(2,40)17-36-30(38)21-5-10-24(19-11-13-41-14-12-19)26(15-21)43-23-8-9-23/h3-7,10-11,15-16,23,40H,8-9,12-14,17-18H2,1-2H3,(H2,35,39)(H,36,38)/t32-,33-/m0/s1. The summed E-state index contributed by atoms with van der Waals surface area (Å²) < 4.78 is 31.2. The highest BCUT2D eigenvalue weighted by Crippen LogP contribution is 2.45. The largest absolute Gasteiger partial charge is 0.490 e. The molecule has 43 heavy (non-hydrogen) atoms. The number of nitrogens with one attached hydrogen (secondary N) is 1. The monoisotopic (exact) mass is 587 g/mol. The summed E-state index contributed by atoms with van der Waals surface area (Å²) in [6.07, 6.45) is 4.91. The average Bonchev–Trinajstić information content (AvgIpc) is 3.76. The first kappa shape index (κ1) is 28.8. The smallest absolute Gasteiger partial charge is 0.251 e. The van der Waals surface area contributed by atoms with Crippen LogP contribution in [-0.4, -0.2) is 54.4 Å². The van der Waals surface area contributed by atoms with Gasteiger partial charge in [0.1, 0.15) is 40.6 Å². The molecule has 3 aliphatic rings. The van der Waals surface area contributed by atoms with E-state index >= 15 is 0 Å². The van der Waals surface area contributed by atoms with Crippen molar-refractivity contribution in [2.24, 2.45) is 5.73 Å². The Balaban J connectivity index is 1.28. The maximum Gasteiger partial charge on any atom is 0.251 e. The number of rotatable bonds is 9. The second-order valence-corrected chi connectivity index (χ2v) is 11.8. The average molecular weight is 588 g/mol. The lowest BCUT2D eigenvalue weighted by Crippen LogP contribution is -2.41. The maximum atomic E-state index is 13.7. The van der Waals surface area contributed by atoms with Crippen molar-refractivity contribution in [3.05, 3.63) is 82.8 Å². The molecule has 10 heteroatoms. The predicted octanol–water partition coefficient (Wildman–Crippen LogP) is 4.01. The SMILES string of the molecule is C[C@](O)(CNC(=O)c1ccc(C2=CCOCC2)c(OC2CC2)c1)c1cc2c(c(-c3ccc(F)cc3)n1)OC[C@]2(C)C(N)=O. The fourth-order valence-electron chi connectivity index (χ4n) is 5.28. The van der Waals surface area contributed by atoms with E-state index in [2.05, 4.69) is 10.3 Å². The molecular weight excluding hydrogens is 553 g/mol. The first-order valence-electron chi connectivity index (χ1n) is 14.4. The Labute approximate surface area is 248 Å². The summed E-state index contributed by atoms with van der Waals surface area (Å²) in [5.41, 5.74) is 6.95. The summed E-state index contributed by atoms with van der Waals surface area (Å²) in [4.78, 5) is 30.5. The first-order valence-corrected chi connectivity index (χ1v) is 14.4. The number of ether oxygens (including phenoxy) is 3. The van der Waals surface area contributed by atoms with Crippen LogP contribution in [0, 0.1) is 5.82 Å². The topological polar surface area (TPSA) is 133 Å². The van der Waals surface area contributed by atoms with Crippen molar-refractivity contribution in [1.29, 1.82) is 0 Å². The van der Waals surface area contributed by atoms with Crippen LogP contribution >= 0.6 is 0 Å². The second kappa shape index (κ2) is 11.1. The lowest BCUT2D eigenvalue weighted by atomic mass is 9.82. The highest BCUT2D eigenvalue weighted by molar-refractivity contribution is 5.95. The highest BCUT2D eigenvalue weighted by atomic mass is 19.1. The first-order chi connectivity index (χ1) is 20.5. The number of aromatic nitrogens is 1. The molecule has 2 aromatic carbocycles. The van der Waals surface area contributed by atoms with E-state index < -0.39 is 28.6 Å². The van der Waals surface area contributed by atoms with Gasteiger partial charge in [0.15, 0.2) is 0 Å². The van der Waals surface area contributed by atoms with Crippen molar-refractivity contribution >= 4 is 17.4 Å². The third kappa shape index (κ3) is 5.72. The Morgan fingerprint density at radius 3 is 2.65 bits per heavy atom. The van der Waals surface area contributed by atoms with E-state index in [1.807, 2.05) is 12.1 Å². The third-order valence-electron chi connectivity index (χ3n) is 8.25. The van der Waals surface area contributed by atoms with Gasteiger partial charge < -0.3 is 30.4 Å². The minimum Gasteiger partial charge on any atom is -0.490 e. The van der Waals surface area contributed by atoms with Crippen LogP contribution in [0.5, 0.6) is 11.5 Å². The van der Waals surface area contributed by atoms with Gasteiger partial charge in [-0.15, -0.1) is 0 Å². The van der Waals surface area contributed by atoms with E-state index in [1.165, 1.54) is 19.1 Å². The summed E-state index contributed by atoms with van der Waals surface area (Å²) >= 11 is 0. The Morgan fingerprint density at radius 1 is 1.21 bits per heavy atom. The number of pyridine rings is 1. The molecule has 3 aromatic rings. The number of halogens is 1. The summed E-state index contributed by atoms with van der Waals surface area (Å²) in [6, 6.07) is 12.6. The van der Waals surface area contributed by atoms with Crippen molar-refractivity contribution in [2.75, 3.05) is 26.4 Å². The third-order valence-corrected chi connectivity index (χ3v) is 8.25. The lowest BCUT2D eigenvalue weighted by Gasteiger charge is -2.26. The molecule has 9 nitrogen and oxygen atoms in total. The van der Waals surface area contributed by atoms with Gasteiger partial charge >= 0.3 is 0 Å². The molecule has 1 saturated carbocycles. The number of nitrogens with zero attached hydrogens (tertiary/aromatic N) is 1. The minimum absolute atomic E-state index is 0.00105. The second-order valence-electron chi connectivity index (χ2n) is 11.8. The highest BCUT2D eigenvalue weighted by Gasteiger charge is 2.45. The number of nitrogens with two attached hydrogens (primary N) is 1. The fraction of sp³-hybridized carbons (Fsp3) is 0.364. The van der Waals surface area contributed by atoms with Crippen molar-refractivity contribution in [2.45, 2.75) is 50.2 Å². The number of benzene rings is 2. The molecule has 2 aliphatic heterocycles. The fourth-order valence-corrected chi connectivity index (χ4v) is 5.28. The van der Waals surface area contributed by atoms with Gasteiger partial charge in [-0.1, -0.05) is 12.1 Å². The quantitative estimate of drug-likeness (QED) is 0.345. The summed E-state index contributed by atoms with van der Waals surface area (Å²) in [7, 11) is 0. The van der Waals surface area contributed by atoms with E-state index in [0.29, 0.717) is 47.1 Å². The Hall–Kier alpha value is -4.28. The molecule has 4 N–H and O–H groups in total. The van der Waals surface area contributed by atoms with Gasteiger partial charge in [0.2, 0.25) is 5.91 Å². The van der Waals surface area contributed by atoms with Crippen LogP contribution in [0.3, 0.4) is 0 Å². The molecule has 1 aliphatic carbocycles. The van der Waals surface area contributed by atoms with Crippen molar-refractivity contribution in [1.82, 2.24) is 10.3 Å². The van der Waals surface area contributed by atoms with Crippen LogP contribution in [-0.2, 0) is 20.5 Å². The number of fused-ring (bicyclic) bond motifs is 1. The molecule has 0 spiro atoms. The van der Waals surface area contributed by atoms with Crippen LogP contribution < -0.4 is 20.5 Å². The van der Waals surface area contributed by atoms with Gasteiger partial charge in [-0.05, 0) is 81.1 Å². The molecule has 2 amide bonds. The summed E-state index contributed by atoms with van der Waals surface area (Å²) in [5.74, 6) is -0.397.